The second kappa shape index (κ2) is 17.0. The van der Waals surface area contributed by atoms with E-state index in [0.717, 1.165) is 0 Å². The van der Waals surface area contributed by atoms with Gasteiger partial charge in [-0.15, -0.1) is 0 Å². The molecular weight excluding hydrogens is 520 g/mol. The molecule has 0 spiro atoms. The summed E-state index contributed by atoms with van der Waals surface area (Å²) in [5.41, 5.74) is 6.36. The average molecular weight is 555 g/mol. The maximum absolute atomic E-state index is 13.1. The zero-order chi connectivity index (χ0) is 28.7. The van der Waals surface area contributed by atoms with E-state index in [1.807, 2.05) is 0 Å². The molecule has 4 unspecified atom stereocenters. The van der Waals surface area contributed by atoms with E-state index in [1.54, 1.807) is 36.6 Å². The Morgan fingerprint density at radius 2 is 1.29 bits per heavy atom. The molecule has 210 valence electrons. The van der Waals surface area contributed by atoms with Crippen LogP contribution >= 0.6 is 11.8 Å². The molecule has 38 heavy (non-hydrogen) atoms. The summed E-state index contributed by atoms with van der Waals surface area (Å²) in [5, 5.41) is 34.6. The number of thioether (sulfide) groups is 1. The molecule has 0 aliphatic rings. The third-order valence-corrected chi connectivity index (χ3v) is 6.07. The predicted molar refractivity (Wildman–Crippen MR) is 138 cm³/mol. The first-order valence-corrected chi connectivity index (χ1v) is 13.2. The molecule has 1 rings (SSSR count). The van der Waals surface area contributed by atoms with Crippen molar-refractivity contribution in [2.24, 2.45) is 5.73 Å². The van der Waals surface area contributed by atoms with Crippen molar-refractivity contribution >= 4 is 47.4 Å². The van der Waals surface area contributed by atoms with Crippen LogP contribution in [0.5, 0.6) is 0 Å². The van der Waals surface area contributed by atoms with Gasteiger partial charge in [0.15, 0.2) is 0 Å². The van der Waals surface area contributed by atoms with Crippen molar-refractivity contribution in [2.75, 3.05) is 12.0 Å². The van der Waals surface area contributed by atoms with Gasteiger partial charge in [0.1, 0.15) is 18.1 Å². The first-order chi connectivity index (χ1) is 17.9. The number of rotatable bonds is 18. The number of hydrogen-bond acceptors (Lipinski definition) is 8. The van der Waals surface area contributed by atoms with Gasteiger partial charge in [0.05, 0.1) is 6.04 Å². The fourth-order valence-corrected chi connectivity index (χ4v) is 3.79. The van der Waals surface area contributed by atoms with Crippen molar-refractivity contribution in [1.29, 1.82) is 0 Å². The lowest BCUT2D eigenvalue weighted by Crippen LogP contribution is -2.57. The number of amides is 3. The molecule has 0 fully saturated rings. The van der Waals surface area contributed by atoms with Gasteiger partial charge >= 0.3 is 17.9 Å². The lowest BCUT2D eigenvalue weighted by molar-refractivity contribution is -0.142. The van der Waals surface area contributed by atoms with Gasteiger partial charge in [-0.25, -0.2) is 4.79 Å². The largest absolute Gasteiger partial charge is 0.481 e. The van der Waals surface area contributed by atoms with E-state index >= 15 is 0 Å². The number of benzene rings is 1. The molecule has 0 aromatic heterocycles. The van der Waals surface area contributed by atoms with E-state index < -0.39 is 66.2 Å². The van der Waals surface area contributed by atoms with Crippen LogP contribution in [-0.2, 0) is 35.2 Å². The monoisotopic (exact) mass is 554 g/mol. The molecule has 1 aromatic carbocycles. The number of aliphatic carboxylic acids is 3. The van der Waals surface area contributed by atoms with Crippen molar-refractivity contribution < 1.29 is 44.1 Å². The van der Waals surface area contributed by atoms with E-state index in [0.29, 0.717) is 11.3 Å². The van der Waals surface area contributed by atoms with Crippen molar-refractivity contribution in [3.8, 4) is 0 Å². The van der Waals surface area contributed by atoms with Gasteiger partial charge in [-0.2, -0.15) is 11.8 Å². The Bertz CT molecular complexity index is 977. The highest BCUT2D eigenvalue weighted by Crippen LogP contribution is 2.08. The minimum atomic E-state index is -1.40. The quantitative estimate of drug-likeness (QED) is 0.123. The van der Waals surface area contributed by atoms with Gasteiger partial charge in [0, 0.05) is 19.3 Å². The normalized spacial score (nSPS) is 13.8. The third-order valence-electron chi connectivity index (χ3n) is 5.43. The topological polar surface area (TPSA) is 225 Å². The van der Waals surface area contributed by atoms with Gasteiger partial charge in [-0.1, -0.05) is 30.3 Å². The van der Waals surface area contributed by atoms with E-state index in [4.69, 9.17) is 15.9 Å². The zero-order valence-electron chi connectivity index (χ0n) is 20.9. The van der Waals surface area contributed by atoms with Crippen LogP contribution in [0.4, 0.5) is 0 Å². The molecule has 0 saturated carbocycles. The molecule has 0 heterocycles. The summed E-state index contributed by atoms with van der Waals surface area (Å²) in [6, 6.07) is 3.52. The highest BCUT2D eigenvalue weighted by atomic mass is 32.2. The van der Waals surface area contributed by atoms with Crippen molar-refractivity contribution in [3.05, 3.63) is 35.9 Å². The maximum Gasteiger partial charge on any atom is 0.326 e. The Hall–Kier alpha value is -3.65. The van der Waals surface area contributed by atoms with Crippen molar-refractivity contribution in [3.63, 3.8) is 0 Å². The Kier molecular flexibility index (Phi) is 14.5. The van der Waals surface area contributed by atoms with Gasteiger partial charge in [0.2, 0.25) is 17.7 Å². The van der Waals surface area contributed by atoms with E-state index in [-0.39, 0.29) is 32.1 Å². The molecule has 0 aliphatic carbocycles. The van der Waals surface area contributed by atoms with Gasteiger partial charge in [-0.05, 0) is 36.8 Å². The summed E-state index contributed by atoms with van der Waals surface area (Å²) < 4.78 is 0. The molecule has 3 amide bonds. The van der Waals surface area contributed by atoms with E-state index in [9.17, 15) is 33.9 Å². The van der Waals surface area contributed by atoms with Crippen LogP contribution in [-0.4, -0.2) is 87.1 Å². The average Bonchev–Trinajstić information content (AvgIpc) is 2.86. The summed E-state index contributed by atoms with van der Waals surface area (Å²) in [6.45, 7) is 0. The Morgan fingerprint density at radius 1 is 0.763 bits per heavy atom. The summed E-state index contributed by atoms with van der Waals surface area (Å²) in [5.74, 6) is -5.67. The molecular formula is C24H34N4O9S. The smallest absolute Gasteiger partial charge is 0.326 e. The summed E-state index contributed by atoms with van der Waals surface area (Å²) >= 11 is 1.41. The predicted octanol–water partition coefficient (Wildman–Crippen LogP) is -0.422. The number of carboxylic acids is 3. The Balaban J connectivity index is 3.11. The Morgan fingerprint density at radius 3 is 1.84 bits per heavy atom. The summed E-state index contributed by atoms with van der Waals surface area (Å²) in [7, 11) is 0. The Labute approximate surface area is 223 Å². The third kappa shape index (κ3) is 12.5. The fourth-order valence-electron chi connectivity index (χ4n) is 3.32. The SMILES string of the molecule is CSCCC(NC(=O)C(Cc1ccccc1)NC(=O)C(CCC(=O)O)NC(=O)C(N)CCC(=O)O)C(=O)O. The van der Waals surface area contributed by atoms with Crippen LogP contribution in [0.2, 0.25) is 0 Å². The molecule has 14 heteroatoms. The molecule has 4 atom stereocenters. The number of carbonyl (C=O) groups excluding carboxylic acids is 3. The van der Waals surface area contributed by atoms with Gasteiger partial charge in [0.25, 0.3) is 0 Å². The summed E-state index contributed by atoms with van der Waals surface area (Å²) in [6.07, 6.45) is 0.516. The highest BCUT2D eigenvalue weighted by molar-refractivity contribution is 7.98. The lowest BCUT2D eigenvalue weighted by Gasteiger charge is -2.25. The van der Waals surface area contributed by atoms with Crippen LogP contribution < -0.4 is 21.7 Å². The van der Waals surface area contributed by atoms with E-state index in [1.165, 1.54) is 11.8 Å². The second-order valence-corrected chi connectivity index (χ2v) is 9.45. The number of carboxylic acid groups (broad SMARTS) is 3. The minimum absolute atomic E-state index is 0.00893. The number of carbonyl (C=O) groups is 6. The molecule has 0 bridgehead atoms. The van der Waals surface area contributed by atoms with Crippen LogP contribution in [0.25, 0.3) is 0 Å². The fraction of sp³-hybridized carbons (Fsp3) is 0.500. The van der Waals surface area contributed by atoms with Gasteiger partial charge in [-0.3, -0.25) is 24.0 Å². The number of nitrogens with one attached hydrogen (secondary N) is 3. The van der Waals surface area contributed by atoms with E-state index in [2.05, 4.69) is 16.0 Å². The molecule has 0 radical (unpaired) electrons. The van der Waals surface area contributed by atoms with Crippen LogP contribution in [0, 0.1) is 0 Å². The van der Waals surface area contributed by atoms with Crippen LogP contribution in [0.15, 0.2) is 30.3 Å². The molecule has 13 nitrogen and oxygen atoms in total. The molecule has 1 aromatic rings. The molecule has 0 aliphatic heterocycles. The van der Waals surface area contributed by atoms with Crippen LogP contribution in [0.1, 0.15) is 37.7 Å². The van der Waals surface area contributed by atoms with Crippen molar-refractivity contribution in [2.45, 2.75) is 62.7 Å². The second-order valence-electron chi connectivity index (χ2n) is 8.46. The summed E-state index contributed by atoms with van der Waals surface area (Å²) in [4.78, 5) is 72.1. The van der Waals surface area contributed by atoms with Crippen LogP contribution in [0.3, 0.4) is 0 Å². The minimum Gasteiger partial charge on any atom is -0.481 e. The first kappa shape index (κ1) is 32.4. The van der Waals surface area contributed by atoms with Crippen molar-refractivity contribution in [1.82, 2.24) is 16.0 Å². The standard InChI is InChI=1S/C24H34N4O9S/c1-38-12-11-17(24(36)37)27-23(35)18(13-14-5-3-2-4-6-14)28-22(34)16(8-10-20(31)32)26-21(33)15(25)7-9-19(29)30/h2-6,15-18H,7-13,25H2,1H3,(H,26,33)(H,27,35)(H,28,34)(H,29,30)(H,31,32)(H,36,37). The molecule has 0 saturated heterocycles. The molecule has 8 N–H and O–H groups in total. The highest BCUT2D eigenvalue weighted by Gasteiger charge is 2.30. The number of nitrogens with two attached hydrogens (primary N) is 1. The first-order valence-electron chi connectivity index (χ1n) is 11.8. The van der Waals surface area contributed by atoms with Gasteiger partial charge < -0.3 is 37.0 Å². The number of hydrogen-bond donors (Lipinski definition) is 7. The zero-order valence-corrected chi connectivity index (χ0v) is 21.7. The lowest BCUT2D eigenvalue weighted by atomic mass is 10.0. The maximum atomic E-state index is 13.1.